The van der Waals surface area contributed by atoms with Crippen molar-refractivity contribution in [2.45, 2.75) is 31.5 Å². The molecular formula is C27H27N3O3. The predicted octanol–water partition coefficient (Wildman–Crippen LogP) is 4.53. The van der Waals surface area contributed by atoms with Gasteiger partial charge in [0, 0.05) is 24.0 Å². The number of carboxylic acids is 1. The molecule has 3 aromatic rings. The molecule has 0 bridgehead atoms. The monoisotopic (exact) mass is 441 g/mol. The lowest BCUT2D eigenvalue weighted by atomic mass is 10.0. The zero-order valence-corrected chi connectivity index (χ0v) is 18.3. The molecule has 2 N–H and O–H groups in total. The summed E-state index contributed by atoms with van der Waals surface area (Å²) in [6.45, 7) is 1.56. The summed E-state index contributed by atoms with van der Waals surface area (Å²) in [5, 5.41) is 12.8. The van der Waals surface area contributed by atoms with E-state index in [1.165, 1.54) is 5.56 Å². The van der Waals surface area contributed by atoms with Gasteiger partial charge >= 0.3 is 5.97 Å². The maximum absolute atomic E-state index is 13.2. The number of likely N-dealkylation sites (tertiary alicyclic amines) is 1. The molecule has 1 saturated heterocycles. The summed E-state index contributed by atoms with van der Waals surface area (Å²) in [5.74, 6) is -1.19. The van der Waals surface area contributed by atoms with Gasteiger partial charge in [-0.2, -0.15) is 0 Å². The van der Waals surface area contributed by atoms with E-state index in [0.29, 0.717) is 17.8 Å². The number of carbonyl (C=O) groups is 2. The highest BCUT2D eigenvalue weighted by Crippen LogP contribution is 2.28. The number of benzene rings is 3. The van der Waals surface area contributed by atoms with Crippen molar-refractivity contribution in [3.8, 4) is 0 Å². The Morgan fingerprint density at radius 2 is 1.67 bits per heavy atom. The third-order valence-electron chi connectivity index (χ3n) is 5.81. The van der Waals surface area contributed by atoms with Crippen LogP contribution in [0.15, 0.2) is 89.9 Å². The quantitative estimate of drug-likeness (QED) is 0.503. The van der Waals surface area contributed by atoms with Crippen LogP contribution in [0.1, 0.15) is 35.6 Å². The number of carboxylic acid groups (broad SMARTS) is 1. The van der Waals surface area contributed by atoms with E-state index in [-0.39, 0.29) is 11.9 Å². The number of hydrogen-bond donors (Lipinski definition) is 2. The van der Waals surface area contributed by atoms with Crippen molar-refractivity contribution in [3.63, 3.8) is 0 Å². The summed E-state index contributed by atoms with van der Waals surface area (Å²) in [6.07, 6.45) is 3.27. The van der Waals surface area contributed by atoms with Crippen molar-refractivity contribution < 1.29 is 14.7 Å². The van der Waals surface area contributed by atoms with E-state index in [4.69, 9.17) is 0 Å². The summed E-state index contributed by atoms with van der Waals surface area (Å²) in [6, 6.07) is 25.1. The van der Waals surface area contributed by atoms with E-state index < -0.39 is 12.0 Å². The van der Waals surface area contributed by atoms with Crippen molar-refractivity contribution in [1.29, 1.82) is 0 Å². The minimum Gasteiger partial charge on any atom is -0.479 e. The molecule has 4 rings (SSSR count). The molecule has 1 fully saturated rings. The first-order valence-electron chi connectivity index (χ1n) is 11.1. The molecule has 0 aliphatic carbocycles. The molecule has 0 saturated carbocycles. The Bertz CT molecular complexity index is 1120. The molecule has 1 heterocycles. The molecule has 0 aromatic heterocycles. The predicted molar refractivity (Wildman–Crippen MR) is 129 cm³/mol. The fourth-order valence-electron chi connectivity index (χ4n) is 4.17. The number of carbonyl (C=O) groups excluding carboxylic acids is 1. The summed E-state index contributed by atoms with van der Waals surface area (Å²) >= 11 is 0. The van der Waals surface area contributed by atoms with Gasteiger partial charge in [0.1, 0.15) is 0 Å². The Kier molecular flexibility index (Phi) is 7.27. The maximum Gasteiger partial charge on any atom is 0.333 e. The Labute approximate surface area is 193 Å². The first-order chi connectivity index (χ1) is 16.1. The van der Waals surface area contributed by atoms with Crippen LogP contribution >= 0.6 is 0 Å². The maximum atomic E-state index is 13.2. The zero-order chi connectivity index (χ0) is 23.0. The van der Waals surface area contributed by atoms with Gasteiger partial charge in [-0.3, -0.25) is 14.7 Å². The van der Waals surface area contributed by atoms with Gasteiger partial charge in [0.15, 0.2) is 6.04 Å². The van der Waals surface area contributed by atoms with Crippen molar-refractivity contribution in [2.75, 3.05) is 11.9 Å². The largest absolute Gasteiger partial charge is 0.479 e. The molecule has 1 aliphatic heterocycles. The van der Waals surface area contributed by atoms with E-state index in [1.807, 2.05) is 48.5 Å². The molecule has 3 aromatic carbocycles. The van der Waals surface area contributed by atoms with Gasteiger partial charge < -0.3 is 10.4 Å². The second-order valence-electron chi connectivity index (χ2n) is 8.12. The molecule has 1 aliphatic rings. The molecule has 0 radical (unpaired) electrons. The molecule has 0 spiro atoms. The highest BCUT2D eigenvalue weighted by Gasteiger charge is 2.31. The van der Waals surface area contributed by atoms with Gasteiger partial charge in [0.2, 0.25) is 5.91 Å². The number of amides is 1. The van der Waals surface area contributed by atoms with Crippen molar-refractivity contribution in [3.05, 3.63) is 102 Å². The van der Waals surface area contributed by atoms with Crippen LogP contribution in [0.3, 0.4) is 0 Å². The van der Waals surface area contributed by atoms with Crippen LogP contribution in [0.4, 0.5) is 5.69 Å². The third kappa shape index (κ3) is 5.73. The third-order valence-corrected chi connectivity index (χ3v) is 5.81. The first-order valence-corrected chi connectivity index (χ1v) is 11.1. The minimum absolute atomic E-state index is 0.118. The van der Waals surface area contributed by atoms with Crippen LogP contribution in [0, 0.1) is 0 Å². The molecule has 6 nitrogen and oxygen atoms in total. The number of hydrogen-bond acceptors (Lipinski definition) is 4. The minimum atomic E-state index is -1.12. The van der Waals surface area contributed by atoms with Gasteiger partial charge in [0.25, 0.3) is 0 Å². The Balaban J connectivity index is 1.52. The average molecular weight is 442 g/mol. The van der Waals surface area contributed by atoms with Crippen LogP contribution < -0.4 is 5.32 Å². The number of aliphatic carboxylic acids is 1. The number of nitrogens with zero attached hydrogens (tertiary/aromatic N) is 2. The molecule has 1 unspecified atom stereocenters. The molecule has 168 valence electrons. The van der Waals surface area contributed by atoms with Gasteiger partial charge in [0.05, 0.1) is 6.04 Å². The summed E-state index contributed by atoms with van der Waals surface area (Å²) < 4.78 is 0. The topological polar surface area (TPSA) is 82.0 Å². The average Bonchev–Trinajstić information content (AvgIpc) is 3.29. The van der Waals surface area contributed by atoms with Crippen LogP contribution in [0.2, 0.25) is 0 Å². The van der Waals surface area contributed by atoms with Gasteiger partial charge in [-0.05, 0) is 36.6 Å². The normalized spacial score (nSPS) is 17.2. The lowest BCUT2D eigenvalue weighted by molar-refractivity contribution is -0.138. The van der Waals surface area contributed by atoms with Crippen molar-refractivity contribution in [1.82, 2.24) is 4.90 Å². The second-order valence-corrected chi connectivity index (χ2v) is 8.12. The zero-order valence-electron chi connectivity index (χ0n) is 18.3. The first kappa shape index (κ1) is 22.4. The number of aliphatic imine (C=N–C) groups is 1. The lowest BCUT2D eigenvalue weighted by Gasteiger charge is -2.24. The van der Waals surface area contributed by atoms with E-state index >= 15 is 0 Å². The second kappa shape index (κ2) is 10.7. The van der Waals surface area contributed by atoms with Gasteiger partial charge in [-0.25, -0.2) is 4.79 Å². The molecule has 2 atom stereocenters. The Morgan fingerprint density at radius 1 is 1.00 bits per heavy atom. The fraction of sp³-hybridized carbons (Fsp3) is 0.222. The van der Waals surface area contributed by atoms with E-state index in [0.717, 1.165) is 24.9 Å². The van der Waals surface area contributed by atoms with Crippen LogP contribution in [-0.4, -0.2) is 40.7 Å². The lowest BCUT2D eigenvalue weighted by Crippen LogP contribution is -2.39. The standard InChI is InChI=1S/C27H27N3O3/c31-26(24-16-9-17-30(24)19-21-12-5-2-6-13-21)29-23-15-8-7-14-22(23)25(27(32)33)28-18-20-10-3-1-4-11-20/h1-8,10-15,18,24-25H,9,16-17,19H2,(H,29,31)(H,32,33)/t24-,25?/m0/s1. The van der Waals surface area contributed by atoms with Crippen LogP contribution in [0.25, 0.3) is 0 Å². The van der Waals surface area contributed by atoms with Crippen LogP contribution in [-0.2, 0) is 16.1 Å². The number of anilines is 1. The Morgan fingerprint density at radius 3 is 2.39 bits per heavy atom. The number of para-hydroxylation sites is 1. The Hall–Kier alpha value is -3.77. The van der Waals surface area contributed by atoms with Crippen molar-refractivity contribution >= 4 is 23.8 Å². The van der Waals surface area contributed by atoms with E-state index in [1.54, 1.807) is 30.5 Å². The fourth-order valence-corrected chi connectivity index (χ4v) is 4.17. The van der Waals surface area contributed by atoms with Gasteiger partial charge in [-0.15, -0.1) is 0 Å². The van der Waals surface area contributed by atoms with Gasteiger partial charge in [-0.1, -0.05) is 78.9 Å². The molecule has 33 heavy (non-hydrogen) atoms. The number of nitrogens with one attached hydrogen (secondary N) is 1. The smallest absolute Gasteiger partial charge is 0.333 e. The van der Waals surface area contributed by atoms with Crippen molar-refractivity contribution in [2.24, 2.45) is 4.99 Å². The highest BCUT2D eigenvalue weighted by molar-refractivity contribution is 5.96. The highest BCUT2D eigenvalue weighted by atomic mass is 16.4. The number of rotatable bonds is 8. The molecule has 6 heteroatoms. The molecule has 1 amide bonds. The SMILES string of the molecule is O=C(O)C(N=Cc1ccccc1)c1ccccc1NC(=O)[C@@H]1CCCN1Cc1ccccc1. The summed E-state index contributed by atoms with van der Waals surface area (Å²) in [4.78, 5) is 31.7. The van der Waals surface area contributed by atoms with Crippen LogP contribution in [0.5, 0.6) is 0 Å². The van der Waals surface area contributed by atoms with E-state index in [9.17, 15) is 14.7 Å². The van der Waals surface area contributed by atoms with E-state index in [2.05, 4.69) is 27.3 Å². The summed E-state index contributed by atoms with van der Waals surface area (Å²) in [5.41, 5.74) is 2.91. The summed E-state index contributed by atoms with van der Waals surface area (Å²) in [7, 11) is 0. The molecular weight excluding hydrogens is 414 g/mol.